The molecule has 0 radical (unpaired) electrons. The number of anilines is 2. The van der Waals surface area contributed by atoms with Gasteiger partial charge in [-0.3, -0.25) is 14.4 Å². The Morgan fingerprint density at radius 2 is 1.96 bits per heavy atom. The Kier molecular flexibility index (Phi) is 5.53. The van der Waals surface area contributed by atoms with E-state index in [0.29, 0.717) is 22.1 Å². The maximum Gasteiger partial charge on any atom is 0.265 e. The highest BCUT2D eigenvalue weighted by Crippen LogP contribution is 2.32. The Hall–Kier alpha value is -2.77. The van der Waals surface area contributed by atoms with E-state index in [1.165, 1.54) is 18.2 Å². The molecule has 1 atom stereocenters. The molecule has 0 aliphatic carbocycles. The number of hydrogen-bond acceptors (Lipinski definition) is 4. The average Bonchev–Trinajstić information content (AvgIpc) is 2.61. The molecule has 0 saturated heterocycles. The molecule has 140 valence electrons. The Bertz CT molecular complexity index is 933. The second-order valence-electron chi connectivity index (χ2n) is 5.82. The Balaban J connectivity index is 1.59. The van der Waals surface area contributed by atoms with Gasteiger partial charge in [-0.15, -0.1) is 0 Å². The van der Waals surface area contributed by atoms with Crippen molar-refractivity contribution in [2.45, 2.75) is 13.0 Å². The van der Waals surface area contributed by atoms with Crippen molar-refractivity contribution in [2.24, 2.45) is 0 Å². The first-order valence-electron chi connectivity index (χ1n) is 7.98. The highest BCUT2D eigenvalue weighted by atomic mass is 35.5. The SMILES string of the molecule is CC1Oc2ccc(NC(=O)CNC(=O)c3ccc(Cl)cc3Cl)cc2NC1=O. The summed E-state index contributed by atoms with van der Waals surface area (Å²) in [5.74, 6) is -0.680. The molecule has 1 aliphatic rings. The molecule has 3 amide bonds. The number of rotatable bonds is 4. The number of hydrogen-bond donors (Lipinski definition) is 3. The number of amides is 3. The lowest BCUT2D eigenvalue weighted by atomic mass is 10.2. The van der Waals surface area contributed by atoms with Crippen molar-refractivity contribution in [3.05, 3.63) is 52.0 Å². The second-order valence-corrected chi connectivity index (χ2v) is 6.66. The van der Waals surface area contributed by atoms with Crippen LogP contribution in [0.2, 0.25) is 10.0 Å². The van der Waals surface area contributed by atoms with E-state index < -0.39 is 17.9 Å². The van der Waals surface area contributed by atoms with Gasteiger partial charge in [-0.1, -0.05) is 23.2 Å². The zero-order chi connectivity index (χ0) is 19.6. The van der Waals surface area contributed by atoms with Gasteiger partial charge in [0.05, 0.1) is 22.8 Å². The molecule has 3 rings (SSSR count). The predicted octanol–water partition coefficient (Wildman–Crippen LogP) is 3.08. The zero-order valence-corrected chi connectivity index (χ0v) is 15.6. The lowest BCUT2D eigenvalue weighted by Crippen LogP contribution is -2.34. The van der Waals surface area contributed by atoms with Crippen molar-refractivity contribution < 1.29 is 19.1 Å². The predicted molar refractivity (Wildman–Crippen MR) is 103 cm³/mol. The molecule has 0 aromatic heterocycles. The van der Waals surface area contributed by atoms with E-state index in [2.05, 4.69) is 16.0 Å². The molecule has 2 aromatic rings. The van der Waals surface area contributed by atoms with Crippen molar-refractivity contribution in [3.8, 4) is 5.75 Å². The molecule has 7 nitrogen and oxygen atoms in total. The summed E-state index contributed by atoms with van der Waals surface area (Å²) in [5, 5.41) is 8.41. The maximum absolute atomic E-state index is 12.1. The standard InChI is InChI=1S/C18H15Cl2N3O4/c1-9-17(25)23-14-7-11(3-5-15(14)27-9)22-16(24)8-21-18(26)12-4-2-10(19)6-13(12)20/h2-7,9H,8H2,1H3,(H,21,26)(H,22,24)(H,23,25). The van der Waals surface area contributed by atoms with E-state index in [9.17, 15) is 14.4 Å². The third-order valence-corrected chi connectivity index (χ3v) is 4.33. The summed E-state index contributed by atoms with van der Waals surface area (Å²) in [5.41, 5.74) is 1.14. The average molecular weight is 408 g/mol. The largest absolute Gasteiger partial charge is 0.479 e. The first kappa shape index (κ1) is 19.0. The van der Waals surface area contributed by atoms with Gasteiger partial charge in [-0.25, -0.2) is 0 Å². The van der Waals surface area contributed by atoms with Crippen molar-refractivity contribution in [2.75, 3.05) is 17.2 Å². The van der Waals surface area contributed by atoms with Crippen molar-refractivity contribution in [1.29, 1.82) is 0 Å². The summed E-state index contributed by atoms with van der Waals surface area (Å²) in [6.07, 6.45) is -0.576. The van der Waals surface area contributed by atoms with Crippen molar-refractivity contribution in [3.63, 3.8) is 0 Å². The summed E-state index contributed by atoms with van der Waals surface area (Å²) >= 11 is 11.8. The maximum atomic E-state index is 12.1. The normalized spacial score (nSPS) is 15.2. The fourth-order valence-electron chi connectivity index (χ4n) is 2.42. The number of benzene rings is 2. The highest BCUT2D eigenvalue weighted by molar-refractivity contribution is 6.36. The summed E-state index contributed by atoms with van der Waals surface area (Å²) in [4.78, 5) is 35.8. The Labute approximate surface area is 165 Å². The van der Waals surface area contributed by atoms with E-state index >= 15 is 0 Å². The molecule has 1 heterocycles. The van der Waals surface area contributed by atoms with Crippen LogP contribution in [-0.4, -0.2) is 30.4 Å². The van der Waals surface area contributed by atoms with Gasteiger partial charge in [-0.05, 0) is 43.3 Å². The van der Waals surface area contributed by atoms with Crippen LogP contribution in [0, 0.1) is 0 Å². The van der Waals surface area contributed by atoms with E-state index in [1.54, 1.807) is 25.1 Å². The van der Waals surface area contributed by atoms with Crippen LogP contribution in [0.3, 0.4) is 0 Å². The Morgan fingerprint density at radius 1 is 1.19 bits per heavy atom. The fourth-order valence-corrected chi connectivity index (χ4v) is 2.92. The molecular weight excluding hydrogens is 393 g/mol. The smallest absolute Gasteiger partial charge is 0.265 e. The number of nitrogens with one attached hydrogen (secondary N) is 3. The van der Waals surface area contributed by atoms with Crippen LogP contribution < -0.4 is 20.7 Å². The number of ether oxygens (including phenoxy) is 1. The molecule has 27 heavy (non-hydrogen) atoms. The lowest BCUT2D eigenvalue weighted by Gasteiger charge is -2.23. The summed E-state index contributed by atoms with van der Waals surface area (Å²) in [6, 6.07) is 9.32. The minimum atomic E-state index is -0.576. The summed E-state index contributed by atoms with van der Waals surface area (Å²) in [6.45, 7) is 1.39. The van der Waals surface area contributed by atoms with E-state index in [0.717, 1.165) is 0 Å². The molecule has 1 aliphatic heterocycles. The van der Waals surface area contributed by atoms with Gasteiger partial charge in [0.15, 0.2) is 6.10 Å². The van der Waals surface area contributed by atoms with Crippen LogP contribution >= 0.6 is 23.2 Å². The third kappa shape index (κ3) is 4.50. The fraction of sp³-hybridized carbons (Fsp3) is 0.167. The van der Waals surface area contributed by atoms with Crippen LogP contribution in [0.5, 0.6) is 5.75 Å². The van der Waals surface area contributed by atoms with Gasteiger partial charge in [-0.2, -0.15) is 0 Å². The first-order chi connectivity index (χ1) is 12.8. The van der Waals surface area contributed by atoms with Crippen LogP contribution in [-0.2, 0) is 9.59 Å². The molecule has 2 aromatic carbocycles. The molecule has 1 unspecified atom stereocenters. The van der Waals surface area contributed by atoms with E-state index in [-0.39, 0.29) is 23.0 Å². The van der Waals surface area contributed by atoms with Gasteiger partial charge in [0.1, 0.15) is 5.75 Å². The molecule has 0 fully saturated rings. The lowest BCUT2D eigenvalue weighted by molar-refractivity contribution is -0.122. The summed E-state index contributed by atoms with van der Waals surface area (Å²) < 4.78 is 5.45. The van der Waals surface area contributed by atoms with Gasteiger partial charge >= 0.3 is 0 Å². The second kappa shape index (κ2) is 7.85. The molecule has 0 saturated carbocycles. The van der Waals surface area contributed by atoms with Crippen molar-refractivity contribution >= 4 is 52.3 Å². The third-order valence-electron chi connectivity index (χ3n) is 3.78. The van der Waals surface area contributed by atoms with E-state index in [1.807, 2.05) is 0 Å². The van der Waals surface area contributed by atoms with Crippen LogP contribution in [0.15, 0.2) is 36.4 Å². The molecule has 9 heteroatoms. The van der Waals surface area contributed by atoms with Gasteiger partial charge in [0.2, 0.25) is 5.91 Å². The minimum absolute atomic E-state index is 0.195. The monoisotopic (exact) mass is 407 g/mol. The number of carbonyl (C=O) groups excluding carboxylic acids is 3. The highest BCUT2D eigenvalue weighted by Gasteiger charge is 2.23. The zero-order valence-electron chi connectivity index (χ0n) is 14.1. The van der Waals surface area contributed by atoms with E-state index in [4.69, 9.17) is 27.9 Å². The first-order valence-corrected chi connectivity index (χ1v) is 8.74. The van der Waals surface area contributed by atoms with Crippen molar-refractivity contribution in [1.82, 2.24) is 5.32 Å². The number of halogens is 2. The van der Waals surface area contributed by atoms with Crippen LogP contribution in [0.1, 0.15) is 17.3 Å². The Morgan fingerprint density at radius 3 is 2.70 bits per heavy atom. The topological polar surface area (TPSA) is 96.5 Å². The van der Waals surface area contributed by atoms with Crippen LogP contribution in [0.25, 0.3) is 0 Å². The van der Waals surface area contributed by atoms with Gasteiger partial charge < -0.3 is 20.7 Å². The number of carbonyl (C=O) groups is 3. The quantitative estimate of drug-likeness (QED) is 0.725. The van der Waals surface area contributed by atoms with Gasteiger partial charge in [0.25, 0.3) is 11.8 Å². The molecule has 0 bridgehead atoms. The summed E-state index contributed by atoms with van der Waals surface area (Å²) in [7, 11) is 0. The number of fused-ring (bicyclic) bond motifs is 1. The molecule has 0 spiro atoms. The van der Waals surface area contributed by atoms with Crippen LogP contribution in [0.4, 0.5) is 11.4 Å². The molecule has 3 N–H and O–H groups in total. The molecular formula is C18H15Cl2N3O4. The minimum Gasteiger partial charge on any atom is -0.479 e. The van der Waals surface area contributed by atoms with Gasteiger partial charge in [0, 0.05) is 10.7 Å².